The Morgan fingerprint density at radius 3 is 1.17 bits per heavy atom. The van der Waals surface area contributed by atoms with Crippen molar-refractivity contribution in [2.24, 2.45) is 0 Å². The number of carboxylic acids is 2. The molecule has 128 valence electrons. The number of carbonyl (C=O) groups is 2. The van der Waals surface area contributed by atoms with Crippen molar-refractivity contribution in [1.29, 1.82) is 0 Å². The standard InChI is InChI=1S/2C10H12O2/c2*1-6-4-7(2)8(3)9(5-6)10(11)12/h2*4-5H,1-3H3,(H,11,12). The fourth-order valence-corrected chi connectivity index (χ4v) is 2.52. The minimum Gasteiger partial charge on any atom is -0.478 e. The molecule has 0 atom stereocenters. The zero-order valence-corrected chi connectivity index (χ0v) is 15.0. The molecule has 0 amide bonds. The summed E-state index contributed by atoms with van der Waals surface area (Å²) in [6, 6.07) is 7.37. The molecule has 2 rings (SSSR count). The van der Waals surface area contributed by atoms with Gasteiger partial charge < -0.3 is 10.2 Å². The van der Waals surface area contributed by atoms with Crippen LogP contribution in [0.25, 0.3) is 0 Å². The molecule has 2 aromatic carbocycles. The van der Waals surface area contributed by atoms with Gasteiger partial charge in [-0.1, -0.05) is 12.1 Å². The molecule has 0 radical (unpaired) electrons. The van der Waals surface area contributed by atoms with Gasteiger partial charge in [-0.05, 0) is 87.1 Å². The summed E-state index contributed by atoms with van der Waals surface area (Å²) in [7, 11) is 0. The Morgan fingerprint density at radius 2 is 0.917 bits per heavy atom. The van der Waals surface area contributed by atoms with Gasteiger partial charge in [0.1, 0.15) is 0 Å². The van der Waals surface area contributed by atoms with Crippen molar-refractivity contribution in [3.8, 4) is 0 Å². The number of benzene rings is 2. The molecule has 0 aromatic heterocycles. The maximum absolute atomic E-state index is 10.7. The summed E-state index contributed by atoms with van der Waals surface area (Å²) in [6.45, 7) is 11.3. The minimum absolute atomic E-state index is 0.410. The average molecular weight is 328 g/mol. The van der Waals surface area contributed by atoms with Crippen LogP contribution in [0.15, 0.2) is 24.3 Å². The molecule has 0 aliphatic carbocycles. The molecule has 2 N–H and O–H groups in total. The van der Waals surface area contributed by atoms with Gasteiger partial charge in [-0.3, -0.25) is 0 Å². The Bertz CT molecular complexity index is 721. The first kappa shape index (κ1) is 19.4. The van der Waals surface area contributed by atoms with E-state index in [0.717, 1.165) is 33.4 Å². The van der Waals surface area contributed by atoms with E-state index in [9.17, 15) is 9.59 Å². The molecular weight excluding hydrogens is 304 g/mol. The minimum atomic E-state index is -0.848. The molecule has 0 spiro atoms. The van der Waals surface area contributed by atoms with Crippen molar-refractivity contribution in [2.75, 3.05) is 0 Å². The van der Waals surface area contributed by atoms with Gasteiger partial charge in [-0.15, -0.1) is 0 Å². The summed E-state index contributed by atoms with van der Waals surface area (Å²) in [6.07, 6.45) is 0. The van der Waals surface area contributed by atoms with Crippen molar-refractivity contribution in [2.45, 2.75) is 41.5 Å². The van der Waals surface area contributed by atoms with Crippen LogP contribution in [0.4, 0.5) is 0 Å². The molecule has 24 heavy (non-hydrogen) atoms. The maximum atomic E-state index is 10.7. The summed E-state index contributed by atoms with van der Waals surface area (Å²) in [5.41, 5.74) is 6.59. The van der Waals surface area contributed by atoms with Crippen LogP contribution in [-0.2, 0) is 0 Å². The van der Waals surface area contributed by atoms with E-state index in [1.807, 2.05) is 53.7 Å². The van der Waals surface area contributed by atoms with Crippen molar-refractivity contribution >= 4 is 11.9 Å². The second-order valence-electron chi connectivity index (χ2n) is 6.12. The molecule has 0 fully saturated rings. The number of hydrogen-bond donors (Lipinski definition) is 2. The number of hydrogen-bond acceptors (Lipinski definition) is 2. The second kappa shape index (κ2) is 7.77. The van der Waals surface area contributed by atoms with E-state index in [-0.39, 0.29) is 0 Å². The fourth-order valence-electron chi connectivity index (χ4n) is 2.52. The van der Waals surface area contributed by atoms with E-state index in [1.165, 1.54) is 0 Å². The van der Waals surface area contributed by atoms with Crippen LogP contribution in [0, 0.1) is 41.5 Å². The highest BCUT2D eigenvalue weighted by atomic mass is 16.4. The van der Waals surface area contributed by atoms with Crippen LogP contribution in [0.1, 0.15) is 54.1 Å². The molecular formula is C20H24O4. The predicted octanol–water partition coefficient (Wildman–Crippen LogP) is 4.62. The molecule has 0 bridgehead atoms. The highest BCUT2D eigenvalue weighted by Crippen LogP contribution is 2.16. The quantitative estimate of drug-likeness (QED) is 0.843. The van der Waals surface area contributed by atoms with Crippen LogP contribution in [-0.4, -0.2) is 22.2 Å². The van der Waals surface area contributed by atoms with E-state index < -0.39 is 11.9 Å². The molecule has 2 aromatic rings. The van der Waals surface area contributed by atoms with Crippen LogP contribution in [0.2, 0.25) is 0 Å². The molecule has 0 aliphatic heterocycles. The number of carboxylic acid groups (broad SMARTS) is 2. The molecule has 0 unspecified atom stereocenters. The maximum Gasteiger partial charge on any atom is 0.335 e. The second-order valence-corrected chi connectivity index (χ2v) is 6.12. The van der Waals surface area contributed by atoms with Crippen LogP contribution in [0.5, 0.6) is 0 Å². The van der Waals surface area contributed by atoms with Gasteiger partial charge in [0.05, 0.1) is 11.1 Å². The van der Waals surface area contributed by atoms with E-state index in [2.05, 4.69) is 0 Å². The molecule has 0 aliphatic rings. The van der Waals surface area contributed by atoms with Crippen LogP contribution >= 0.6 is 0 Å². The predicted molar refractivity (Wildman–Crippen MR) is 95.2 cm³/mol. The van der Waals surface area contributed by atoms with Crippen LogP contribution < -0.4 is 0 Å². The first-order chi connectivity index (χ1) is 11.0. The normalized spacial score (nSPS) is 9.92. The third-order valence-corrected chi connectivity index (χ3v) is 4.08. The third kappa shape index (κ3) is 4.69. The molecule has 0 heterocycles. The number of aryl methyl sites for hydroxylation is 4. The monoisotopic (exact) mass is 328 g/mol. The molecule has 0 saturated carbocycles. The zero-order valence-electron chi connectivity index (χ0n) is 15.0. The van der Waals surface area contributed by atoms with E-state index >= 15 is 0 Å². The van der Waals surface area contributed by atoms with Crippen molar-refractivity contribution in [3.05, 3.63) is 68.8 Å². The largest absolute Gasteiger partial charge is 0.478 e. The lowest BCUT2D eigenvalue weighted by Crippen LogP contribution is -2.01. The van der Waals surface area contributed by atoms with Gasteiger partial charge in [0.25, 0.3) is 0 Å². The van der Waals surface area contributed by atoms with Gasteiger partial charge in [0, 0.05) is 0 Å². The Hall–Kier alpha value is -2.62. The van der Waals surface area contributed by atoms with Gasteiger partial charge in [0.2, 0.25) is 0 Å². The third-order valence-electron chi connectivity index (χ3n) is 4.08. The summed E-state index contributed by atoms with van der Waals surface area (Å²) in [4.78, 5) is 21.5. The van der Waals surface area contributed by atoms with Gasteiger partial charge in [-0.2, -0.15) is 0 Å². The average Bonchev–Trinajstić information content (AvgIpc) is 2.46. The zero-order chi connectivity index (χ0) is 18.6. The highest BCUT2D eigenvalue weighted by molar-refractivity contribution is 5.90. The SMILES string of the molecule is Cc1cc(C)c(C)c(C(=O)O)c1.Cc1cc(C)c(C)c(C(=O)O)c1. The summed E-state index contributed by atoms with van der Waals surface area (Å²) in [5.74, 6) is -1.70. The van der Waals surface area contributed by atoms with Crippen molar-refractivity contribution < 1.29 is 19.8 Å². The Morgan fingerprint density at radius 1 is 0.625 bits per heavy atom. The van der Waals surface area contributed by atoms with Crippen molar-refractivity contribution in [3.63, 3.8) is 0 Å². The lowest BCUT2D eigenvalue weighted by molar-refractivity contribution is 0.0685. The molecule has 4 heteroatoms. The number of rotatable bonds is 2. The fraction of sp³-hybridized carbons (Fsp3) is 0.300. The Balaban J connectivity index is 0.000000240. The van der Waals surface area contributed by atoms with Crippen LogP contribution in [0.3, 0.4) is 0 Å². The topological polar surface area (TPSA) is 74.6 Å². The number of aromatic carboxylic acids is 2. The molecule has 0 saturated heterocycles. The first-order valence-electron chi connectivity index (χ1n) is 7.66. The van der Waals surface area contributed by atoms with E-state index in [0.29, 0.717) is 11.1 Å². The summed E-state index contributed by atoms with van der Waals surface area (Å²) < 4.78 is 0. The van der Waals surface area contributed by atoms with E-state index in [4.69, 9.17) is 10.2 Å². The Kier molecular flexibility index (Phi) is 6.29. The van der Waals surface area contributed by atoms with Gasteiger partial charge >= 0.3 is 11.9 Å². The van der Waals surface area contributed by atoms with E-state index in [1.54, 1.807) is 12.1 Å². The first-order valence-corrected chi connectivity index (χ1v) is 7.66. The smallest absolute Gasteiger partial charge is 0.335 e. The Labute approximate surface area is 142 Å². The van der Waals surface area contributed by atoms with Crippen molar-refractivity contribution in [1.82, 2.24) is 0 Å². The van der Waals surface area contributed by atoms with Gasteiger partial charge in [0.15, 0.2) is 0 Å². The summed E-state index contributed by atoms with van der Waals surface area (Å²) >= 11 is 0. The van der Waals surface area contributed by atoms with Gasteiger partial charge in [-0.25, -0.2) is 9.59 Å². The highest BCUT2D eigenvalue weighted by Gasteiger charge is 2.09. The molecule has 4 nitrogen and oxygen atoms in total. The summed E-state index contributed by atoms with van der Waals surface area (Å²) in [5, 5.41) is 17.6. The lowest BCUT2D eigenvalue weighted by atomic mass is 10.0. The lowest BCUT2D eigenvalue weighted by Gasteiger charge is -2.05.